The number of fused-ring (bicyclic) bond motifs is 1. The van der Waals surface area contributed by atoms with Gasteiger partial charge in [-0.25, -0.2) is 4.98 Å². The van der Waals surface area contributed by atoms with E-state index in [0.717, 1.165) is 22.5 Å². The lowest BCUT2D eigenvalue weighted by Gasteiger charge is -2.23. The van der Waals surface area contributed by atoms with E-state index in [1.165, 1.54) is 11.1 Å². The minimum absolute atomic E-state index is 0.229. The number of hydrogen-bond acceptors (Lipinski definition) is 7. The first-order valence-corrected chi connectivity index (χ1v) is 12.0. The van der Waals surface area contributed by atoms with Gasteiger partial charge in [-0.1, -0.05) is 54.6 Å². The van der Waals surface area contributed by atoms with Crippen LogP contribution in [0.5, 0.6) is 0 Å². The summed E-state index contributed by atoms with van der Waals surface area (Å²) in [4.78, 5) is 16.5. The van der Waals surface area contributed by atoms with Gasteiger partial charge in [0.25, 0.3) is 0 Å². The highest BCUT2D eigenvalue weighted by Gasteiger charge is 2.18. The van der Waals surface area contributed by atoms with Crippen molar-refractivity contribution in [3.05, 3.63) is 66.5 Å². The van der Waals surface area contributed by atoms with Gasteiger partial charge in [0.1, 0.15) is 0 Å². The zero-order valence-corrected chi connectivity index (χ0v) is 20.9. The number of hydrogen-bond donors (Lipinski definition) is 1. The van der Waals surface area contributed by atoms with Gasteiger partial charge in [-0.15, -0.1) is 0 Å². The van der Waals surface area contributed by atoms with Crippen molar-refractivity contribution >= 4 is 22.9 Å². The van der Waals surface area contributed by atoms with E-state index >= 15 is 0 Å². The number of benzene rings is 2. The first kappa shape index (κ1) is 24.6. The molecule has 8 heteroatoms. The zero-order chi connectivity index (χ0) is 24.6. The predicted octanol–water partition coefficient (Wildman–Crippen LogP) is 4.79. The summed E-state index contributed by atoms with van der Waals surface area (Å²) < 4.78 is 12.7. The van der Waals surface area contributed by atoms with Gasteiger partial charge in [0.2, 0.25) is 5.95 Å². The van der Waals surface area contributed by atoms with E-state index in [4.69, 9.17) is 19.4 Å². The van der Waals surface area contributed by atoms with Gasteiger partial charge in [-0.05, 0) is 30.5 Å². The second-order valence-electron chi connectivity index (χ2n) is 8.68. The topological polar surface area (TPSA) is 77.3 Å². The summed E-state index contributed by atoms with van der Waals surface area (Å²) in [5.41, 5.74) is 5.15. The molecule has 0 bridgehead atoms. The highest BCUT2D eigenvalue weighted by atomic mass is 16.5. The van der Waals surface area contributed by atoms with E-state index in [-0.39, 0.29) is 6.04 Å². The Morgan fingerprint density at radius 2 is 1.54 bits per heavy atom. The number of aromatic nitrogens is 4. The summed E-state index contributed by atoms with van der Waals surface area (Å²) in [7, 11) is 3.39. The van der Waals surface area contributed by atoms with E-state index in [1.54, 1.807) is 14.2 Å². The summed E-state index contributed by atoms with van der Waals surface area (Å²) >= 11 is 0. The lowest BCUT2D eigenvalue weighted by atomic mass is 10.0. The molecule has 4 rings (SSSR count). The third-order valence-electron chi connectivity index (χ3n) is 5.90. The second kappa shape index (κ2) is 11.8. The molecule has 2 heterocycles. The van der Waals surface area contributed by atoms with Gasteiger partial charge in [-0.3, -0.25) is 0 Å². The molecule has 0 unspecified atom stereocenters. The van der Waals surface area contributed by atoms with Gasteiger partial charge in [0.05, 0.1) is 19.5 Å². The van der Waals surface area contributed by atoms with Crippen molar-refractivity contribution < 1.29 is 9.47 Å². The molecule has 0 saturated heterocycles. The number of ether oxygens (including phenoxy) is 2. The fraction of sp³-hybridized carbons (Fsp3) is 0.370. The van der Waals surface area contributed by atoms with Crippen LogP contribution in [0, 0.1) is 0 Å². The van der Waals surface area contributed by atoms with Gasteiger partial charge in [-0.2, -0.15) is 9.97 Å². The maximum atomic E-state index is 5.31. The molecule has 0 aliphatic heterocycles. The smallest absolute Gasteiger partial charge is 0.229 e. The molecule has 184 valence electrons. The van der Waals surface area contributed by atoms with Crippen LogP contribution < -0.4 is 10.2 Å². The second-order valence-corrected chi connectivity index (χ2v) is 8.68. The van der Waals surface area contributed by atoms with Gasteiger partial charge >= 0.3 is 0 Å². The molecule has 8 nitrogen and oxygen atoms in total. The minimum atomic E-state index is 0.229. The van der Waals surface area contributed by atoms with E-state index < -0.39 is 0 Å². The standard InChI is InChI=1S/C27H34N6O2/c1-20(2)33-19-29-24-25(30-27(31-26(24)33)32(14-16-34-3)15-17-35-4)28-18-21-10-12-23(13-11-21)22-8-6-5-7-9-22/h5-13,19-20H,14-18H2,1-4H3,(H,28,30,31). The molecule has 0 aliphatic carbocycles. The van der Waals surface area contributed by atoms with E-state index in [0.29, 0.717) is 38.8 Å². The molecule has 0 saturated carbocycles. The number of methoxy groups -OCH3 is 2. The molecular weight excluding hydrogens is 440 g/mol. The third-order valence-corrected chi connectivity index (χ3v) is 5.90. The third kappa shape index (κ3) is 5.96. The minimum Gasteiger partial charge on any atom is -0.383 e. The fourth-order valence-electron chi connectivity index (χ4n) is 3.89. The Morgan fingerprint density at radius 3 is 2.17 bits per heavy atom. The molecule has 2 aromatic carbocycles. The van der Waals surface area contributed by atoms with Crippen LogP contribution in [0.25, 0.3) is 22.3 Å². The molecule has 0 spiro atoms. The van der Waals surface area contributed by atoms with Crippen LogP contribution in [-0.2, 0) is 16.0 Å². The highest BCUT2D eigenvalue weighted by molar-refractivity contribution is 5.84. The van der Waals surface area contributed by atoms with Crippen molar-refractivity contribution in [2.75, 3.05) is 50.7 Å². The van der Waals surface area contributed by atoms with E-state index in [9.17, 15) is 0 Å². The average molecular weight is 475 g/mol. The summed E-state index contributed by atoms with van der Waals surface area (Å²) in [5, 5.41) is 3.51. The number of imidazole rings is 1. The fourth-order valence-corrected chi connectivity index (χ4v) is 3.89. The Morgan fingerprint density at radius 1 is 0.886 bits per heavy atom. The Kier molecular flexibility index (Phi) is 8.28. The number of nitrogens with zero attached hydrogens (tertiary/aromatic N) is 5. The average Bonchev–Trinajstić information content (AvgIpc) is 3.33. The Hall–Kier alpha value is -3.49. The molecule has 0 radical (unpaired) electrons. The summed E-state index contributed by atoms with van der Waals surface area (Å²) in [6.45, 7) is 7.36. The molecule has 35 heavy (non-hydrogen) atoms. The van der Waals surface area contributed by atoms with Crippen molar-refractivity contribution in [1.29, 1.82) is 0 Å². The summed E-state index contributed by atoms with van der Waals surface area (Å²) in [6, 6.07) is 19.2. The molecular formula is C27H34N6O2. The van der Waals surface area contributed by atoms with Crippen molar-refractivity contribution in [3.8, 4) is 11.1 Å². The Balaban J connectivity index is 1.61. The van der Waals surface area contributed by atoms with E-state index in [1.807, 2.05) is 12.4 Å². The van der Waals surface area contributed by atoms with Crippen molar-refractivity contribution in [2.24, 2.45) is 0 Å². The molecule has 0 aliphatic rings. The van der Waals surface area contributed by atoms with Gasteiger partial charge < -0.3 is 24.3 Å². The maximum Gasteiger partial charge on any atom is 0.229 e. The van der Waals surface area contributed by atoms with E-state index in [2.05, 4.69) is 82.1 Å². The Bertz CT molecular complexity index is 1200. The van der Waals surface area contributed by atoms with Crippen molar-refractivity contribution in [3.63, 3.8) is 0 Å². The van der Waals surface area contributed by atoms with Crippen molar-refractivity contribution in [2.45, 2.75) is 26.4 Å². The molecule has 4 aromatic rings. The summed E-state index contributed by atoms with van der Waals surface area (Å²) in [6.07, 6.45) is 1.84. The monoisotopic (exact) mass is 474 g/mol. The lowest BCUT2D eigenvalue weighted by Crippen LogP contribution is -2.32. The summed E-state index contributed by atoms with van der Waals surface area (Å²) in [5.74, 6) is 1.35. The van der Waals surface area contributed by atoms with Crippen LogP contribution >= 0.6 is 0 Å². The SMILES string of the molecule is COCCN(CCOC)c1nc(NCc2ccc(-c3ccccc3)cc2)c2ncn(C(C)C)c2n1. The first-order chi connectivity index (χ1) is 17.1. The predicted molar refractivity (Wildman–Crippen MR) is 141 cm³/mol. The lowest BCUT2D eigenvalue weighted by molar-refractivity contribution is 0.189. The van der Waals surface area contributed by atoms with Crippen LogP contribution in [0.15, 0.2) is 60.9 Å². The number of nitrogens with one attached hydrogen (secondary N) is 1. The molecule has 2 aromatic heterocycles. The molecule has 0 atom stereocenters. The molecule has 0 fully saturated rings. The van der Waals surface area contributed by atoms with Gasteiger partial charge in [0, 0.05) is 39.9 Å². The maximum absolute atomic E-state index is 5.31. The number of rotatable bonds is 12. The molecule has 0 amide bonds. The highest BCUT2D eigenvalue weighted by Crippen LogP contribution is 2.26. The molecule has 1 N–H and O–H groups in total. The quantitative estimate of drug-likeness (QED) is 0.316. The van der Waals surface area contributed by atoms with Crippen LogP contribution in [0.1, 0.15) is 25.5 Å². The van der Waals surface area contributed by atoms with Crippen LogP contribution in [0.4, 0.5) is 11.8 Å². The zero-order valence-electron chi connectivity index (χ0n) is 20.9. The first-order valence-electron chi connectivity index (χ1n) is 12.0. The van der Waals surface area contributed by atoms with Crippen LogP contribution in [-0.4, -0.2) is 60.0 Å². The normalized spacial score (nSPS) is 11.3. The Labute approximate surface area is 206 Å². The van der Waals surface area contributed by atoms with Gasteiger partial charge in [0.15, 0.2) is 17.0 Å². The number of anilines is 2. The van der Waals surface area contributed by atoms with Crippen LogP contribution in [0.3, 0.4) is 0 Å². The van der Waals surface area contributed by atoms with Crippen molar-refractivity contribution in [1.82, 2.24) is 19.5 Å². The largest absolute Gasteiger partial charge is 0.383 e. The van der Waals surface area contributed by atoms with Crippen LogP contribution in [0.2, 0.25) is 0 Å².